The molecule has 37 heavy (non-hydrogen) atoms. The minimum absolute atomic E-state index is 0.826. The van der Waals surface area contributed by atoms with Crippen molar-refractivity contribution in [3.8, 4) is 43.4 Å². The van der Waals surface area contributed by atoms with Gasteiger partial charge in [-0.3, -0.25) is 0 Å². The second-order valence-electron chi connectivity index (χ2n) is 7.97. The average Bonchev–Trinajstić information content (AvgIpc) is 3.67. The Labute approximate surface area is 241 Å². The molecule has 5 heteroatoms. The van der Waals surface area contributed by atoms with Crippen LogP contribution in [0.5, 0.6) is 0 Å². The third-order valence-electron chi connectivity index (χ3n) is 5.56. The van der Waals surface area contributed by atoms with E-state index < -0.39 is 20.8 Å². The van der Waals surface area contributed by atoms with Crippen molar-refractivity contribution in [1.82, 2.24) is 0 Å². The van der Waals surface area contributed by atoms with Crippen molar-refractivity contribution < 1.29 is 20.8 Å². The predicted molar refractivity (Wildman–Crippen MR) is 163 cm³/mol. The Balaban J connectivity index is 0.000000157. The molecular formula is C32H24Cl2P2Zr. The minimum Gasteiger partial charge on any atom is -0.152 e. The molecule has 0 saturated carbocycles. The Morgan fingerprint density at radius 3 is 1.05 bits per heavy atom. The van der Waals surface area contributed by atoms with Crippen LogP contribution in [0.25, 0.3) is 43.4 Å². The summed E-state index contributed by atoms with van der Waals surface area (Å²) in [5, 5.41) is 5.52. The van der Waals surface area contributed by atoms with Gasteiger partial charge in [-0.1, -0.05) is 129 Å². The summed E-state index contributed by atoms with van der Waals surface area (Å²) in [6, 6.07) is 51.2. The maximum atomic E-state index is 4.93. The Kier molecular flexibility index (Phi) is 11.6. The minimum atomic E-state index is -0.826. The third kappa shape index (κ3) is 8.45. The molecule has 0 spiro atoms. The van der Waals surface area contributed by atoms with Gasteiger partial charge in [0.2, 0.25) is 0 Å². The first-order valence-electron chi connectivity index (χ1n) is 11.7. The summed E-state index contributed by atoms with van der Waals surface area (Å²) in [4.78, 5) is 0. The van der Waals surface area contributed by atoms with Crippen LogP contribution in [0, 0.1) is 0 Å². The first-order valence-corrected chi connectivity index (χ1v) is 19.9. The molecule has 0 nitrogen and oxygen atoms in total. The zero-order valence-electron chi connectivity index (χ0n) is 20.0. The fourth-order valence-corrected chi connectivity index (χ4v) is 6.03. The van der Waals surface area contributed by atoms with Gasteiger partial charge in [-0.25, -0.2) is 0 Å². The van der Waals surface area contributed by atoms with Crippen LogP contribution in [0.15, 0.2) is 146 Å². The number of benzene rings is 4. The Morgan fingerprint density at radius 2 is 0.730 bits per heavy atom. The van der Waals surface area contributed by atoms with E-state index in [1.165, 1.54) is 59.8 Å². The summed E-state index contributed by atoms with van der Waals surface area (Å²) in [7, 11) is 12.5. The van der Waals surface area contributed by atoms with E-state index in [4.69, 9.17) is 17.0 Å². The molecule has 2 aromatic heterocycles. The molecule has 0 fully saturated rings. The SMILES string of the molecule is [Cl][Zr+2][Cl].c1ccc(-c2cc[c-](-c3ccccc3)p2)cc1.c1ccc(-c2cc[c-](-c3ccccc3)p2)cc1. The molecule has 0 amide bonds. The Hall–Kier alpha value is -2.10. The van der Waals surface area contributed by atoms with E-state index in [9.17, 15) is 0 Å². The van der Waals surface area contributed by atoms with Gasteiger partial charge in [0.15, 0.2) is 0 Å². The maximum absolute atomic E-state index is 4.93. The van der Waals surface area contributed by atoms with Gasteiger partial charge < -0.3 is 0 Å². The van der Waals surface area contributed by atoms with Crippen LogP contribution in [0.3, 0.4) is 0 Å². The van der Waals surface area contributed by atoms with E-state index in [0.29, 0.717) is 0 Å². The summed E-state index contributed by atoms with van der Waals surface area (Å²) in [6.45, 7) is 0. The molecule has 0 aliphatic carbocycles. The molecule has 0 atom stereocenters. The van der Waals surface area contributed by atoms with E-state index >= 15 is 0 Å². The van der Waals surface area contributed by atoms with E-state index in [1.54, 1.807) is 0 Å². The number of halogens is 2. The molecule has 0 saturated heterocycles. The molecule has 0 radical (unpaired) electrons. The average molecular weight is 633 g/mol. The number of rotatable bonds is 4. The monoisotopic (exact) mass is 630 g/mol. The zero-order chi connectivity index (χ0) is 25.7. The molecule has 6 rings (SSSR count). The number of hydrogen-bond acceptors (Lipinski definition) is 0. The van der Waals surface area contributed by atoms with Gasteiger partial charge in [0.05, 0.1) is 0 Å². The quantitative estimate of drug-likeness (QED) is 0.170. The summed E-state index contributed by atoms with van der Waals surface area (Å²) >= 11 is -0.826. The van der Waals surface area contributed by atoms with Gasteiger partial charge in [-0.2, -0.15) is 16.4 Å². The van der Waals surface area contributed by atoms with Crippen molar-refractivity contribution in [2.45, 2.75) is 0 Å². The predicted octanol–water partition coefficient (Wildman–Crippen LogP) is 12.0. The second-order valence-corrected chi connectivity index (χ2v) is 14.1. The smallest absolute Gasteiger partial charge is 0.0541 e. The summed E-state index contributed by atoms with van der Waals surface area (Å²) in [5.41, 5.74) is 5.26. The molecule has 180 valence electrons. The summed E-state index contributed by atoms with van der Waals surface area (Å²) in [6.07, 6.45) is 0. The Morgan fingerprint density at radius 1 is 0.432 bits per heavy atom. The van der Waals surface area contributed by atoms with Gasteiger partial charge in [0.1, 0.15) is 0 Å². The maximum Gasteiger partial charge on any atom is -0.0541 e. The Bertz CT molecular complexity index is 1230. The van der Waals surface area contributed by atoms with Gasteiger partial charge in [0, 0.05) is 0 Å². The number of hydrogen-bond donors (Lipinski definition) is 0. The van der Waals surface area contributed by atoms with Crippen LogP contribution in [-0.2, 0) is 20.8 Å². The van der Waals surface area contributed by atoms with Crippen molar-refractivity contribution in [3.63, 3.8) is 0 Å². The van der Waals surface area contributed by atoms with Crippen molar-refractivity contribution in [1.29, 1.82) is 0 Å². The van der Waals surface area contributed by atoms with Crippen LogP contribution >= 0.6 is 33.4 Å². The van der Waals surface area contributed by atoms with Gasteiger partial charge >= 0.3 is 37.9 Å². The standard InChI is InChI=1S/2C16H12P.2ClH.Zr/c2*1-3-7-13(8-4-1)15-11-12-16(17-15)14-9-5-2-6-10-14;;;/h2*1-12H;2*1H;/q2*-1;;;+4/p-2. The molecule has 0 bridgehead atoms. The van der Waals surface area contributed by atoms with Crippen molar-refractivity contribution >= 4 is 33.4 Å². The zero-order valence-corrected chi connectivity index (χ0v) is 25.8. The molecule has 0 aliphatic rings. The summed E-state index contributed by atoms with van der Waals surface area (Å²) < 4.78 is 0. The van der Waals surface area contributed by atoms with Gasteiger partial charge in [0.25, 0.3) is 0 Å². The molecule has 2 heterocycles. The molecule has 6 aromatic rings. The molecule has 0 aliphatic heterocycles. The van der Waals surface area contributed by atoms with E-state index in [1.807, 2.05) is 0 Å². The largest absolute Gasteiger partial charge is 0.152 e. The normalized spacial score (nSPS) is 10.2. The van der Waals surface area contributed by atoms with Crippen molar-refractivity contribution in [2.24, 2.45) is 0 Å². The van der Waals surface area contributed by atoms with Gasteiger partial charge in [-0.05, 0) is 0 Å². The van der Waals surface area contributed by atoms with Crippen molar-refractivity contribution in [2.75, 3.05) is 0 Å². The fraction of sp³-hybridized carbons (Fsp3) is 0. The van der Waals surface area contributed by atoms with E-state index in [-0.39, 0.29) is 0 Å². The molecule has 4 aromatic carbocycles. The molecule has 0 unspecified atom stereocenters. The van der Waals surface area contributed by atoms with E-state index in [0.717, 1.165) is 0 Å². The second kappa shape index (κ2) is 15.3. The van der Waals surface area contributed by atoms with Gasteiger partial charge in [-0.15, -0.1) is 59.7 Å². The first-order chi connectivity index (χ1) is 18.3. The fourth-order valence-electron chi connectivity index (χ4n) is 3.80. The summed E-state index contributed by atoms with van der Waals surface area (Å²) in [5.74, 6) is 0. The van der Waals surface area contributed by atoms with Crippen molar-refractivity contribution in [3.05, 3.63) is 146 Å². The van der Waals surface area contributed by atoms with Crippen LogP contribution in [0.4, 0.5) is 0 Å². The van der Waals surface area contributed by atoms with E-state index in [2.05, 4.69) is 146 Å². The molecule has 0 N–H and O–H groups in total. The van der Waals surface area contributed by atoms with Crippen LogP contribution in [0.2, 0.25) is 0 Å². The van der Waals surface area contributed by atoms with Crippen LogP contribution in [0.1, 0.15) is 0 Å². The first kappa shape index (κ1) is 27.9. The third-order valence-corrected chi connectivity index (χ3v) is 8.15. The topological polar surface area (TPSA) is 0 Å². The van der Waals surface area contributed by atoms with Crippen LogP contribution < -0.4 is 0 Å². The van der Waals surface area contributed by atoms with Crippen LogP contribution in [-0.4, -0.2) is 0 Å². The molecular weight excluding hydrogens is 608 g/mol.